The number of halogens is 2. The van der Waals surface area contributed by atoms with Gasteiger partial charge in [0, 0.05) is 24.7 Å². The Kier molecular flexibility index (Phi) is 4.79. The van der Waals surface area contributed by atoms with E-state index < -0.39 is 17.2 Å². The molecule has 2 atom stereocenters. The summed E-state index contributed by atoms with van der Waals surface area (Å²) < 4.78 is 34.3. The first-order valence-electron chi connectivity index (χ1n) is 9.55. The van der Waals surface area contributed by atoms with Crippen molar-refractivity contribution in [2.24, 2.45) is 0 Å². The van der Waals surface area contributed by atoms with Crippen molar-refractivity contribution in [1.29, 1.82) is 0 Å². The van der Waals surface area contributed by atoms with Gasteiger partial charge in [-0.15, -0.1) is 0 Å². The molecule has 0 bridgehead atoms. The number of likely N-dealkylation sites (N-methyl/N-ethyl adjacent to an activating group) is 1. The van der Waals surface area contributed by atoms with Gasteiger partial charge in [-0.25, -0.2) is 8.78 Å². The largest absolute Gasteiger partial charge is 0.494 e. The molecule has 2 aliphatic rings. The molecule has 3 heterocycles. The number of likely N-dealkylation sites (tertiary alicyclic amines) is 1. The molecule has 1 aromatic heterocycles. The zero-order chi connectivity index (χ0) is 19.9. The molecule has 1 aromatic carbocycles. The molecule has 5 nitrogen and oxygen atoms in total. The van der Waals surface area contributed by atoms with E-state index in [0.717, 1.165) is 25.6 Å². The fourth-order valence-corrected chi connectivity index (χ4v) is 4.21. The maximum atomic E-state index is 14.5. The summed E-state index contributed by atoms with van der Waals surface area (Å²) in [6.07, 6.45) is 3.30. The van der Waals surface area contributed by atoms with Gasteiger partial charge >= 0.3 is 0 Å². The number of nitrogens with one attached hydrogen (secondary N) is 1. The number of ether oxygens (including phenoxy) is 1. The van der Waals surface area contributed by atoms with E-state index in [1.54, 1.807) is 18.0 Å². The van der Waals surface area contributed by atoms with Crippen molar-refractivity contribution < 1.29 is 18.3 Å². The van der Waals surface area contributed by atoms with Gasteiger partial charge < -0.3 is 9.64 Å². The smallest absolute Gasteiger partial charge is 0.242 e. The van der Waals surface area contributed by atoms with Crippen molar-refractivity contribution >= 4 is 5.91 Å². The van der Waals surface area contributed by atoms with Crippen molar-refractivity contribution in [2.75, 3.05) is 20.2 Å². The predicted molar refractivity (Wildman–Crippen MR) is 101 cm³/mol. The van der Waals surface area contributed by atoms with Crippen LogP contribution in [0.15, 0.2) is 30.5 Å². The highest BCUT2D eigenvalue weighted by atomic mass is 19.1. The Hall–Kier alpha value is -2.54. The van der Waals surface area contributed by atoms with Gasteiger partial charge in [-0.2, -0.15) is 0 Å². The second kappa shape index (κ2) is 7.13. The van der Waals surface area contributed by atoms with E-state index in [1.165, 1.54) is 18.2 Å². The van der Waals surface area contributed by atoms with E-state index in [1.807, 2.05) is 6.92 Å². The number of pyridine rings is 1. The second-order valence-electron chi connectivity index (χ2n) is 7.46. The standard InChI is InChI=1S/C21H23F2N3O2/c1-3-28-13-4-5-16(22)14(10-13)15-11-19(24-12-17(15)23)18-6-7-21(25-18)8-9-26(2)20(21)27/h4-5,10-12,18,25H,3,6-9H2,1-2H3/t18-,21+/m1/s1. The van der Waals surface area contributed by atoms with Crippen LogP contribution in [0.3, 0.4) is 0 Å². The highest BCUT2D eigenvalue weighted by Crippen LogP contribution is 2.39. The lowest BCUT2D eigenvalue weighted by Gasteiger charge is -2.23. The molecule has 1 amide bonds. The van der Waals surface area contributed by atoms with Crippen LogP contribution in [0, 0.1) is 11.6 Å². The molecule has 2 aliphatic heterocycles. The van der Waals surface area contributed by atoms with E-state index in [2.05, 4.69) is 10.3 Å². The zero-order valence-corrected chi connectivity index (χ0v) is 16.0. The normalized spacial score (nSPS) is 24.4. The number of amides is 1. The summed E-state index contributed by atoms with van der Waals surface area (Å²) in [7, 11) is 1.80. The van der Waals surface area contributed by atoms with Gasteiger partial charge in [-0.05, 0) is 50.5 Å². The van der Waals surface area contributed by atoms with E-state index in [0.29, 0.717) is 24.5 Å². The Labute approximate surface area is 162 Å². The number of hydrogen-bond acceptors (Lipinski definition) is 4. The Morgan fingerprint density at radius 2 is 2.04 bits per heavy atom. The van der Waals surface area contributed by atoms with Crippen LogP contribution in [-0.2, 0) is 4.79 Å². The van der Waals surface area contributed by atoms with Gasteiger partial charge in [0.25, 0.3) is 0 Å². The monoisotopic (exact) mass is 387 g/mol. The summed E-state index contributed by atoms with van der Waals surface area (Å²) in [4.78, 5) is 18.5. The molecule has 2 aromatic rings. The minimum atomic E-state index is -0.597. The summed E-state index contributed by atoms with van der Waals surface area (Å²) in [6.45, 7) is 2.99. The number of carbonyl (C=O) groups excluding carboxylic acids is 1. The van der Waals surface area contributed by atoms with E-state index in [9.17, 15) is 13.6 Å². The molecule has 2 saturated heterocycles. The average Bonchev–Trinajstić information content (AvgIpc) is 3.24. The van der Waals surface area contributed by atoms with Gasteiger partial charge in [0.15, 0.2) is 0 Å². The molecule has 0 unspecified atom stereocenters. The highest BCUT2D eigenvalue weighted by molar-refractivity contribution is 5.88. The van der Waals surface area contributed by atoms with Crippen LogP contribution in [0.5, 0.6) is 5.75 Å². The molecule has 2 fully saturated rings. The molecule has 7 heteroatoms. The number of hydrogen-bond donors (Lipinski definition) is 1. The molecule has 0 aliphatic carbocycles. The van der Waals surface area contributed by atoms with Gasteiger partial charge in [0.2, 0.25) is 5.91 Å². The minimum Gasteiger partial charge on any atom is -0.494 e. The molecule has 0 saturated carbocycles. The molecular weight excluding hydrogens is 364 g/mol. The average molecular weight is 387 g/mol. The molecule has 28 heavy (non-hydrogen) atoms. The van der Waals surface area contributed by atoms with Crippen LogP contribution < -0.4 is 10.1 Å². The Morgan fingerprint density at radius 1 is 1.25 bits per heavy atom. The predicted octanol–water partition coefficient (Wildman–Crippen LogP) is 3.45. The summed E-state index contributed by atoms with van der Waals surface area (Å²) in [6, 6.07) is 5.69. The lowest BCUT2D eigenvalue weighted by atomic mass is 9.96. The van der Waals surface area contributed by atoms with Crippen LogP contribution >= 0.6 is 0 Å². The van der Waals surface area contributed by atoms with E-state index >= 15 is 0 Å². The minimum absolute atomic E-state index is 0.0906. The number of benzene rings is 1. The van der Waals surface area contributed by atoms with Crippen LogP contribution in [0.1, 0.15) is 37.9 Å². The Morgan fingerprint density at radius 3 is 2.75 bits per heavy atom. The first-order valence-corrected chi connectivity index (χ1v) is 9.55. The van der Waals surface area contributed by atoms with Crippen molar-refractivity contribution in [3.8, 4) is 16.9 Å². The van der Waals surface area contributed by atoms with E-state index in [-0.39, 0.29) is 23.1 Å². The van der Waals surface area contributed by atoms with Crippen molar-refractivity contribution in [2.45, 2.75) is 37.8 Å². The van der Waals surface area contributed by atoms with Crippen molar-refractivity contribution in [3.63, 3.8) is 0 Å². The fraction of sp³-hybridized carbons (Fsp3) is 0.429. The summed E-state index contributed by atoms with van der Waals surface area (Å²) in [5.41, 5.74) is 0.325. The lowest BCUT2D eigenvalue weighted by molar-refractivity contribution is -0.131. The Bertz CT molecular complexity index is 921. The number of aromatic nitrogens is 1. The highest BCUT2D eigenvalue weighted by Gasteiger charge is 2.50. The molecule has 0 radical (unpaired) electrons. The van der Waals surface area contributed by atoms with Gasteiger partial charge in [0.05, 0.1) is 24.5 Å². The first kappa shape index (κ1) is 18.8. The molecule has 1 spiro atoms. The third kappa shape index (κ3) is 3.13. The number of carbonyl (C=O) groups is 1. The van der Waals surface area contributed by atoms with Gasteiger partial charge in [-0.1, -0.05) is 0 Å². The van der Waals surface area contributed by atoms with Crippen LogP contribution in [0.25, 0.3) is 11.1 Å². The van der Waals surface area contributed by atoms with Gasteiger partial charge in [-0.3, -0.25) is 15.1 Å². The summed E-state index contributed by atoms with van der Waals surface area (Å²) in [5, 5.41) is 3.41. The summed E-state index contributed by atoms with van der Waals surface area (Å²) in [5.74, 6) is -0.550. The second-order valence-corrected chi connectivity index (χ2v) is 7.46. The first-order chi connectivity index (χ1) is 13.4. The fourth-order valence-electron chi connectivity index (χ4n) is 4.21. The number of rotatable bonds is 4. The SMILES string of the molecule is CCOc1ccc(F)c(-c2cc([C@H]3CC[C@@]4(CCN(C)C4=O)N3)ncc2F)c1. The molecule has 148 valence electrons. The topological polar surface area (TPSA) is 54.5 Å². The van der Waals surface area contributed by atoms with Crippen LogP contribution in [-0.4, -0.2) is 41.5 Å². The molecule has 1 N–H and O–H groups in total. The maximum absolute atomic E-state index is 14.5. The van der Waals surface area contributed by atoms with Crippen molar-refractivity contribution in [1.82, 2.24) is 15.2 Å². The number of nitrogens with zero attached hydrogens (tertiary/aromatic N) is 2. The van der Waals surface area contributed by atoms with Crippen LogP contribution in [0.4, 0.5) is 8.78 Å². The lowest BCUT2D eigenvalue weighted by Crippen LogP contribution is -2.47. The van der Waals surface area contributed by atoms with Gasteiger partial charge in [0.1, 0.15) is 22.9 Å². The van der Waals surface area contributed by atoms with Crippen LogP contribution in [0.2, 0.25) is 0 Å². The van der Waals surface area contributed by atoms with Crippen molar-refractivity contribution in [3.05, 3.63) is 47.8 Å². The van der Waals surface area contributed by atoms with E-state index in [4.69, 9.17) is 4.74 Å². The third-order valence-electron chi connectivity index (χ3n) is 5.71. The Balaban J connectivity index is 1.66. The maximum Gasteiger partial charge on any atom is 0.242 e. The third-order valence-corrected chi connectivity index (χ3v) is 5.71. The zero-order valence-electron chi connectivity index (χ0n) is 16.0. The molecule has 4 rings (SSSR count). The molecular formula is C21H23F2N3O2. The quantitative estimate of drug-likeness (QED) is 0.873. The summed E-state index contributed by atoms with van der Waals surface area (Å²) >= 11 is 0.